The van der Waals surface area contributed by atoms with Gasteiger partial charge in [-0.2, -0.15) is 0 Å². The van der Waals surface area contributed by atoms with Crippen molar-refractivity contribution in [2.75, 3.05) is 44.7 Å². The van der Waals surface area contributed by atoms with Crippen molar-refractivity contribution in [2.24, 2.45) is 0 Å². The molecule has 3 aromatic carbocycles. The van der Waals surface area contributed by atoms with Gasteiger partial charge in [-0.25, -0.2) is 0 Å². The molecule has 0 saturated carbocycles. The molecular weight excluding hydrogens is 410 g/mol. The number of nitrogens with zero attached hydrogens (tertiary/aromatic N) is 2. The zero-order valence-corrected chi connectivity index (χ0v) is 19.2. The van der Waals surface area contributed by atoms with Crippen molar-refractivity contribution in [1.82, 2.24) is 9.88 Å². The average molecular weight is 442 g/mol. The van der Waals surface area contributed by atoms with E-state index in [4.69, 9.17) is 9.47 Å². The summed E-state index contributed by atoms with van der Waals surface area (Å²) in [5.74, 6) is 2.35. The van der Waals surface area contributed by atoms with Crippen molar-refractivity contribution < 1.29 is 9.47 Å². The molecule has 5 nitrogen and oxygen atoms in total. The first-order valence-electron chi connectivity index (χ1n) is 11.7. The van der Waals surface area contributed by atoms with E-state index < -0.39 is 0 Å². The van der Waals surface area contributed by atoms with Crippen molar-refractivity contribution in [3.05, 3.63) is 84.6 Å². The summed E-state index contributed by atoms with van der Waals surface area (Å²) >= 11 is 0. The lowest BCUT2D eigenvalue weighted by Crippen LogP contribution is -2.46. The smallest absolute Gasteiger partial charge is 0.169 e. The van der Waals surface area contributed by atoms with Crippen molar-refractivity contribution in [2.45, 2.75) is 12.8 Å². The molecule has 2 heterocycles. The molecule has 1 N–H and O–H groups in total. The van der Waals surface area contributed by atoms with E-state index in [0.717, 1.165) is 62.1 Å². The molecule has 0 radical (unpaired) electrons. The fourth-order valence-corrected chi connectivity index (χ4v) is 4.67. The van der Waals surface area contributed by atoms with Gasteiger partial charge in [0.1, 0.15) is 0 Å². The normalized spacial score (nSPS) is 14.5. The Kier molecular flexibility index (Phi) is 6.49. The third kappa shape index (κ3) is 4.83. The van der Waals surface area contributed by atoms with E-state index in [-0.39, 0.29) is 0 Å². The topological polar surface area (TPSA) is 40.7 Å². The molecule has 0 unspecified atom stereocenters. The van der Waals surface area contributed by atoms with Gasteiger partial charge < -0.3 is 19.4 Å². The molecular formula is C28H31N3O2. The van der Waals surface area contributed by atoms with Gasteiger partial charge in [0.15, 0.2) is 17.2 Å². The first kappa shape index (κ1) is 21.4. The number of para-hydroxylation sites is 5. The van der Waals surface area contributed by atoms with Crippen LogP contribution in [0, 0.1) is 0 Å². The number of ether oxygens (including phenoxy) is 2. The van der Waals surface area contributed by atoms with E-state index in [9.17, 15) is 0 Å². The number of hydrogen-bond donors (Lipinski definition) is 1. The summed E-state index contributed by atoms with van der Waals surface area (Å²) in [6.07, 6.45) is 4.45. The van der Waals surface area contributed by atoms with Gasteiger partial charge in [0.05, 0.1) is 12.8 Å². The Labute approximate surface area is 195 Å². The van der Waals surface area contributed by atoms with Crippen LogP contribution in [0.15, 0.2) is 79.0 Å². The molecule has 0 spiro atoms. The minimum Gasteiger partial charge on any atom is -0.493 e. The van der Waals surface area contributed by atoms with Crippen LogP contribution in [0.2, 0.25) is 0 Å². The van der Waals surface area contributed by atoms with Crippen LogP contribution in [-0.2, 0) is 6.42 Å². The highest BCUT2D eigenvalue weighted by Crippen LogP contribution is 2.36. The fraction of sp³-hybridized carbons (Fsp3) is 0.286. The number of aromatic nitrogens is 1. The van der Waals surface area contributed by atoms with E-state index in [1.807, 2.05) is 36.4 Å². The SMILES string of the molecule is COc1ccccc1Oc1ccccc1N1CCN(CCCc2c[nH]c3ccccc23)CC1. The lowest BCUT2D eigenvalue weighted by atomic mass is 10.1. The van der Waals surface area contributed by atoms with E-state index in [0.29, 0.717) is 0 Å². The summed E-state index contributed by atoms with van der Waals surface area (Å²) < 4.78 is 11.7. The van der Waals surface area contributed by atoms with Gasteiger partial charge in [0, 0.05) is 43.3 Å². The highest BCUT2D eigenvalue weighted by atomic mass is 16.5. The number of rotatable bonds is 8. The molecule has 0 amide bonds. The van der Waals surface area contributed by atoms with E-state index in [2.05, 4.69) is 57.4 Å². The first-order chi connectivity index (χ1) is 16.3. The summed E-state index contributed by atoms with van der Waals surface area (Å²) in [4.78, 5) is 8.40. The molecule has 0 bridgehead atoms. The second kappa shape index (κ2) is 10.0. The first-order valence-corrected chi connectivity index (χ1v) is 11.7. The molecule has 0 atom stereocenters. The van der Waals surface area contributed by atoms with E-state index in [1.54, 1.807) is 7.11 Å². The number of H-pyrrole nitrogens is 1. The standard InChI is InChI=1S/C28H31N3O2/c1-32-27-14-6-7-15-28(27)33-26-13-5-4-12-25(26)31-19-17-30(18-20-31)16-8-9-22-21-29-24-11-3-2-10-23(22)24/h2-7,10-15,21,29H,8-9,16-20H2,1H3. The number of anilines is 1. The predicted octanol–water partition coefficient (Wildman–Crippen LogP) is 5.72. The van der Waals surface area contributed by atoms with Crippen LogP contribution in [0.5, 0.6) is 17.2 Å². The maximum Gasteiger partial charge on any atom is 0.169 e. The Balaban J connectivity index is 1.17. The Morgan fingerprint density at radius 3 is 2.30 bits per heavy atom. The van der Waals surface area contributed by atoms with Crippen molar-refractivity contribution >= 4 is 16.6 Å². The fourth-order valence-electron chi connectivity index (χ4n) is 4.67. The Hall–Kier alpha value is -3.44. The molecule has 5 heteroatoms. The van der Waals surface area contributed by atoms with Gasteiger partial charge in [-0.3, -0.25) is 4.90 Å². The van der Waals surface area contributed by atoms with Crippen LogP contribution >= 0.6 is 0 Å². The van der Waals surface area contributed by atoms with E-state index >= 15 is 0 Å². The van der Waals surface area contributed by atoms with Crippen LogP contribution in [0.1, 0.15) is 12.0 Å². The van der Waals surface area contributed by atoms with Gasteiger partial charge >= 0.3 is 0 Å². The third-order valence-corrected chi connectivity index (χ3v) is 6.46. The molecule has 4 aromatic rings. The van der Waals surface area contributed by atoms with Gasteiger partial charge in [-0.15, -0.1) is 0 Å². The number of nitrogens with one attached hydrogen (secondary N) is 1. The quantitative estimate of drug-likeness (QED) is 0.379. The molecule has 1 aliphatic rings. The maximum absolute atomic E-state index is 6.27. The lowest BCUT2D eigenvalue weighted by Gasteiger charge is -2.36. The number of piperazine rings is 1. The minimum atomic E-state index is 0.739. The molecule has 170 valence electrons. The monoisotopic (exact) mass is 441 g/mol. The Morgan fingerprint density at radius 2 is 1.48 bits per heavy atom. The number of hydrogen-bond acceptors (Lipinski definition) is 4. The molecule has 0 aliphatic carbocycles. The Bertz CT molecular complexity index is 1190. The molecule has 1 saturated heterocycles. The predicted molar refractivity (Wildman–Crippen MR) is 135 cm³/mol. The molecule has 5 rings (SSSR count). The number of fused-ring (bicyclic) bond motifs is 1. The second-order valence-corrected chi connectivity index (χ2v) is 8.51. The summed E-state index contributed by atoms with van der Waals surface area (Å²) in [6.45, 7) is 5.26. The van der Waals surface area contributed by atoms with Gasteiger partial charge in [0.25, 0.3) is 0 Å². The molecule has 1 aromatic heterocycles. The summed E-state index contributed by atoms with van der Waals surface area (Å²) in [5, 5.41) is 1.36. The van der Waals surface area contributed by atoms with Crippen molar-refractivity contribution in [3.63, 3.8) is 0 Å². The Morgan fingerprint density at radius 1 is 0.788 bits per heavy atom. The lowest BCUT2D eigenvalue weighted by molar-refractivity contribution is 0.254. The van der Waals surface area contributed by atoms with Gasteiger partial charge in [-0.1, -0.05) is 42.5 Å². The molecule has 1 aliphatic heterocycles. The highest BCUT2D eigenvalue weighted by molar-refractivity contribution is 5.83. The van der Waals surface area contributed by atoms with Crippen LogP contribution in [0.4, 0.5) is 5.69 Å². The number of aromatic amines is 1. The van der Waals surface area contributed by atoms with Crippen molar-refractivity contribution in [3.8, 4) is 17.2 Å². The number of methoxy groups -OCH3 is 1. The van der Waals surface area contributed by atoms with Crippen LogP contribution < -0.4 is 14.4 Å². The molecule has 1 fully saturated rings. The minimum absolute atomic E-state index is 0.739. The second-order valence-electron chi connectivity index (χ2n) is 8.51. The molecule has 33 heavy (non-hydrogen) atoms. The summed E-state index contributed by atoms with van der Waals surface area (Å²) in [6, 6.07) is 24.6. The maximum atomic E-state index is 6.27. The zero-order chi connectivity index (χ0) is 22.5. The average Bonchev–Trinajstić information content (AvgIpc) is 3.28. The van der Waals surface area contributed by atoms with Crippen LogP contribution in [0.25, 0.3) is 10.9 Å². The van der Waals surface area contributed by atoms with Crippen molar-refractivity contribution in [1.29, 1.82) is 0 Å². The third-order valence-electron chi connectivity index (χ3n) is 6.46. The number of aryl methyl sites for hydroxylation is 1. The number of benzene rings is 3. The largest absolute Gasteiger partial charge is 0.493 e. The van der Waals surface area contributed by atoms with Gasteiger partial charge in [0.2, 0.25) is 0 Å². The summed E-state index contributed by atoms with van der Waals surface area (Å²) in [7, 11) is 1.67. The van der Waals surface area contributed by atoms with Crippen LogP contribution in [0.3, 0.4) is 0 Å². The van der Waals surface area contributed by atoms with Crippen LogP contribution in [-0.4, -0.2) is 49.7 Å². The summed E-state index contributed by atoms with van der Waals surface area (Å²) in [5.41, 5.74) is 3.80. The van der Waals surface area contributed by atoms with Gasteiger partial charge in [-0.05, 0) is 55.3 Å². The zero-order valence-electron chi connectivity index (χ0n) is 19.2. The highest BCUT2D eigenvalue weighted by Gasteiger charge is 2.20. The van der Waals surface area contributed by atoms with E-state index in [1.165, 1.54) is 22.9 Å².